The van der Waals surface area contributed by atoms with Crippen LogP contribution in [0, 0.1) is 25.2 Å². The summed E-state index contributed by atoms with van der Waals surface area (Å²) in [5.74, 6) is 0.622. The van der Waals surface area contributed by atoms with Crippen LogP contribution in [-0.4, -0.2) is 54.0 Å². The van der Waals surface area contributed by atoms with Gasteiger partial charge in [-0.1, -0.05) is 25.7 Å². The molecule has 3 aliphatic rings. The number of nitrogens with zero attached hydrogens (tertiary/aromatic N) is 3. The largest absolute Gasteiger partial charge is 0.349 e. The van der Waals surface area contributed by atoms with Crippen LogP contribution in [0.1, 0.15) is 74.2 Å². The lowest BCUT2D eigenvalue weighted by molar-refractivity contribution is -0.127. The Morgan fingerprint density at radius 1 is 1.10 bits per heavy atom. The van der Waals surface area contributed by atoms with Crippen molar-refractivity contribution in [1.82, 2.24) is 9.47 Å². The third-order valence-electron chi connectivity index (χ3n) is 7.04. The molecule has 1 aromatic heterocycles. The monoisotopic (exact) mass is 414 g/mol. The van der Waals surface area contributed by atoms with Gasteiger partial charge in [0.15, 0.2) is 6.29 Å². The number of hydrogen-bond donors (Lipinski definition) is 1. The lowest BCUT2D eigenvalue weighted by Crippen LogP contribution is -2.50. The number of nitriles is 1. The predicted octanol–water partition coefficient (Wildman–Crippen LogP) is 3.65. The van der Waals surface area contributed by atoms with Crippen LogP contribution in [0.5, 0.6) is 0 Å². The van der Waals surface area contributed by atoms with E-state index in [0.29, 0.717) is 37.2 Å². The molecule has 7 nitrogen and oxygen atoms in total. The number of ether oxygens (including phenoxy) is 2. The molecular formula is C23H34N4O3. The highest BCUT2D eigenvalue weighted by atomic mass is 16.7. The number of aromatic nitrogens is 1. The maximum Gasteiger partial charge on any atom is 0.239 e. The van der Waals surface area contributed by atoms with Crippen LogP contribution in [0.3, 0.4) is 0 Å². The average molecular weight is 415 g/mol. The number of piperidine rings is 1. The van der Waals surface area contributed by atoms with Crippen LogP contribution >= 0.6 is 0 Å². The molecule has 3 fully saturated rings. The Balaban J connectivity index is 1.52. The van der Waals surface area contributed by atoms with Gasteiger partial charge in [0.05, 0.1) is 31.4 Å². The zero-order valence-corrected chi connectivity index (χ0v) is 18.3. The van der Waals surface area contributed by atoms with Crippen molar-refractivity contribution in [1.29, 1.82) is 5.26 Å². The number of nitrogens with one attached hydrogen (secondary N) is 1. The molecule has 2 aliphatic heterocycles. The molecule has 1 amide bonds. The summed E-state index contributed by atoms with van der Waals surface area (Å²) in [6, 6.07) is 2.82. The molecule has 0 aromatic carbocycles. The first-order chi connectivity index (χ1) is 14.6. The summed E-state index contributed by atoms with van der Waals surface area (Å²) in [4.78, 5) is 15.3. The molecule has 0 radical (unpaired) electrons. The van der Waals surface area contributed by atoms with Gasteiger partial charge in [0.1, 0.15) is 11.9 Å². The fourth-order valence-corrected chi connectivity index (χ4v) is 5.36. The topological polar surface area (TPSA) is 79.5 Å². The molecule has 1 N–H and O–H groups in total. The van der Waals surface area contributed by atoms with E-state index in [1.165, 1.54) is 19.3 Å². The highest BCUT2D eigenvalue weighted by Crippen LogP contribution is 2.36. The minimum absolute atomic E-state index is 0.0639. The van der Waals surface area contributed by atoms with Crippen molar-refractivity contribution in [2.45, 2.75) is 83.6 Å². The van der Waals surface area contributed by atoms with Gasteiger partial charge in [-0.25, -0.2) is 0 Å². The van der Waals surface area contributed by atoms with Crippen molar-refractivity contribution >= 4 is 11.7 Å². The summed E-state index contributed by atoms with van der Waals surface area (Å²) >= 11 is 0. The normalized spacial score (nSPS) is 24.1. The summed E-state index contributed by atoms with van der Waals surface area (Å²) in [6.45, 7) is 6.47. The fourth-order valence-electron chi connectivity index (χ4n) is 5.36. The Kier molecular flexibility index (Phi) is 6.77. The number of carbonyl (C=O) groups excluding carboxylic acids is 1. The third kappa shape index (κ3) is 4.27. The SMILES string of the molecule is Cc1c(C#N)c(NC(=O)CN2CCCCC2C2OCCO2)n(C2CCCCC2)c1C. The Morgan fingerprint density at radius 3 is 2.50 bits per heavy atom. The standard InChI is InChI=1S/C23H34N4O3/c1-16-17(2)27(18-8-4-3-5-9-18)22(19(16)14-24)25-21(28)15-26-11-7-6-10-20(26)23-29-12-13-30-23/h18,20,23H,3-13,15H2,1-2H3,(H,25,28). The molecule has 1 aliphatic carbocycles. The summed E-state index contributed by atoms with van der Waals surface area (Å²) in [5, 5.41) is 12.9. The van der Waals surface area contributed by atoms with E-state index in [1.807, 2.05) is 6.92 Å². The van der Waals surface area contributed by atoms with E-state index in [0.717, 1.165) is 49.9 Å². The van der Waals surface area contributed by atoms with Gasteiger partial charge in [0, 0.05) is 11.7 Å². The number of amides is 1. The van der Waals surface area contributed by atoms with Crippen LogP contribution in [0.4, 0.5) is 5.82 Å². The molecule has 1 saturated carbocycles. The first-order valence-corrected chi connectivity index (χ1v) is 11.5. The number of anilines is 1. The van der Waals surface area contributed by atoms with Crippen molar-refractivity contribution in [2.24, 2.45) is 0 Å². The molecule has 0 spiro atoms. The molecule has 164 valence electrons. The molecule has 4 rings (SSSR count). The van der Waals surface area contributed by atoms with Crippen molar-refractivity contribution in [3.05, 3.63) is 16.8 Å². The van der Waals surface area contributed by atoms with Crippen molar-refractivity contribution < 1.29 is 14.3 Å². The second-order valence-corrected chi connectivity index (χ2v) is 8.90. The van der Waals surface area contributed by atoms with E-state index >= 15 is 0 Å². The molecule has 0 bridgehead atoms. The maximum atomic E-state index is 13.1. The van der Waals surface area contributed by atoms with Gasteiger partial charge in [-0.2, -0.15) is 5.26 Å². The molecule has 1 atom stereocenters. The van der Waals surface area contributed by atoms with E-state index in [-0.39, 0.29) is 18.2 Å². The minimum atomic E-state index is -0.233. The second-order valence-electron chi connectivity index (χ2n) is 8.90. The minimum Gasteiger partial charge on any atom is -0.349 e. The summed E-state index contributed by atoms with van der Waals surface area (Å²) in [5.41, 5.74) is 2.67. The summed E-state index contributed by atoms with van der Waals surface area (Å²) in [7, 11) is 0. The fraction of sp³-hybridized carbons (Fsp3) is 0.739. The van der Waals surface area contributed by atoms with Gasteiger partial charge in [-0.15, -0.1) is 0 Å². The number of carbonyl (C=O) groups is 1. The first-order valence-electron chi connectivity index (χ1n) is 11.5. The molecular weight excluding hydrogens is 380 g/mol. The van der Waals surface area contributed by atoms with E-state index < -0.39 is 0 Å². The molecule has 2 saturated heterocycles. The smallest absolute Gasteiger partial charge is 0.239 e. The zero-order valence-electron chi connectivity index (χ0n) is 18.3. The van der Waals surface area contributed by atoms with Crippen molar-refractivity contribution in [3.63, 3.8) is 0 Å². The van der Waals surface area contributed by atoms with Crippen LogP contribution in [0.15, 0.2) is 0 Å². The molecule has 1 aromatic rings. The van der Waals surface area contributed by atoms with Crippen LogP contribution in [-0.2, 0) is 14.3 Å². The van der Waals surface area contributed by atoms with Crippen molar-refractivity contribution in [2.75, 3.05) is 31.6 Å². The van der Waals surface area contributed by atoms with Gasteiger partial charge in [-0.3, -0.25) is 9.69 Å². The van der Waals surface area contributed by atoms with E-state index in [9.17, 15) is 10.1 Å². The lowest BCUT2D eigenvalue weighted by atomic mass is 9.95. The van der Waals surface area contributed by atoms with Gasteiger partial charge < -0.3 is 19.4 Å². The summed E-state index contributed by atoms with van der Waals surface area (Å²) in [6.07, 6.45) is 8.84. The molecule has 1 unspecified atom stereocenters. The van der Waals surface area contributed by atoms with E-state index in [2.05, 4.69) is 27.8 Å². The number of rotatable bonds is 5. The number of hydrogen-bond acceptors (Lipinski definition) is 5. The van der Waals surface area contributed by atoms with Gasteiger partial charge in [0.25, 0.3) is 0 Å². The highest BCUT2D eigenvalue weighted by molar-refractivity contribution is 5.93. The lowest BCUT2D eigenvalue weighted by Gasteiger charge is -2.37. The van der Waals surface area contributed by atoms with Gasteiger partial charge >= 0.3 is 0 Å². The molecule has 7 heteroatoms. The Bertz CT molecular complexity index is 800. The second kappa shape index (κ2) is 9.51. The number of likely N-dealkylation sites (tertiary alicyclic amines) is 1. The van der Waals surface area contributed by atoms with Crippen LogP contribution in [0.2, 0.25) is 0 Å². The molecule has 3 heterocycles. The zero-order chi connectivity index (χ0) is 21.1. The highest BCUT2D eigenvalue weighted by Gasteiger charge is 2.35. The molecule has 30 heavy (non-hydrogen) atoms. The van der Waals surface area contributed by atoms with E-state index in [1.54, 1.807) is 0 Å². The van der Waals surface area contributed by atoms with Crippen LogP contribution in [0.25, 0.3) is 0 Å². The maximum absolute atomic E-state index is 13.1. The average Bonchev–Trinajstić information content (AvgIpc) is 3.37. The van der Waals surface area contributed by atoms with Gasteiger partial charge in [0.2, 0.25) is 5.91 Å². The predicted molar refractivity (Wildman–Crippen MR) is 114 cm³/mol. The first kappa shape index (κ1) is 21.4. The van der Waals surface area contributed by atoms with Crippen LogP contribution < -0.4 is 5.32 Å². The van der Waals surface area contributed by atoms with E-state index in [4.69, 9.17) is 9.47 Å². The third-order valence-corrected chi connectivity index (χ3v) is 7.04. The summed E-state index contributed by atoms with van der Waals surface area (Å²) < 4.78 is 13.7. The Hall–Kier alpha value is -1.88. The Morgan fingerprint density at radius 2 is 1.80 bits per heavy atom. The Labute approximate surface area is 179 Å². The quantitative estimate of drug-likeness (QED) is 0.796. The van der Waals surface area contributed by atoms with Gasteiger partial charge in [-0.05, 0) is 51.6 Å². The van der Waals surface area contributed by atoms with Crippen molar-refractivity contribution in [3.8, 4) is 6.07 Å².